The summed E-state index contributed by atoms with van der Waals surface area (Å²) in [6.07, 6.45) is 0. The van der Waals surface area contributed by atoms with Crippen molar-refractivity contribution in [2.24, 2.45) is 0 Å². The first-order valence-corrected chi connectivity index (χ1v) is 10.6. The maximum Gasteiger partial charge on any atom is 0.260 e. The van der Waals surface area contributed by atoms with Crippen LogP contribution in [0.2, 0.25) is 0 Å². The van der Waals surface area contributed by atoms with Gasteiger partial charge in [-0.2, -0.15) is 0 Å². The van der Waals surface area contributed by atoms with E-state index in [1.54, 1.807) is 0 Å². The first kappa shape index (κ1) is 20.8. The Morgan fingerprint density at radius 1 is 0.839 bits per heavy atom. The van der Waals surface area contributed by atoms with Crippen LogP contribution in [0.5, 0.6) is 5.75 Å². The summed E-state index contributed by atoms with van der Waals surface area (Å²) < 4.78 is 5.73. The van der Waals surface area contributed by atoms with Crippen molar-refractivity contribution < 1.29 is 9.53 Å². The molecule has 0 saturated carbocycles. The zero-order valence-corrected chi connectivity index (χ0v) is 18.3. The van der Waals surface area contributed by atoms with Gasteiger partial charge in [-0.3, -0.25) is 4.79 Å². The number of amides is 1. The van der Waals surface area contributed by atoms with E-state index in [4.69, 9.17) is 4.74 Å². The third kappa shape index (κ3) is 5.20. The van der Waals surface area contributed by atoms with E-state index < -0.39 is 0 Å². The van der Waals surface area contributed by atoms with Gasteiger partial charge >= 0.3 is 0 Å². The molecule has 0 spiro atoms. The molecule has 6 nitrogen and oxygen atoms in total. The molecular weight excluding hydrogens is 388 g/mol. The molecule has 6 heteroatoms. The van der Waals surface area contributed by atoms with Gasteiger partial charge in [-0.1, -0.05) is 35.9 Å². The van der Waals surface area contributed by atoms with Crippen molar-refractivity contribution in [1.82, 2.24) is 15.1 Å². The average molecular weight is 417 g/mol. The van der Waals surface area contributed by atoms with Gasteiger partial charge in [-0.15, -0.1) is 10.2 Å². The molecule has 160 valence electrons. The summed E-state index contributed by atoms with van der Waals surface area (Å²) in [5.74, 6) is 1.60. The highest BCUT2D eigenvalue weighted by Gasteiger charge is 2.22. The molecule has 0 unspecified atom stereocenters. The summed E-state index contributed by atoms with van der Waals surface area (Å²) in [5, 5.41) is 8.80. The Labute approximate surface area is 183 Å². The third-order valence-corrected chi connectivity index (χ3v) is 5.51. The fourth-order valence-electron chi connectivity index (χ4n) is 3.81. The number of ether oxygens (including phenoxy) is 1. The van der Waals surface area contributed by atoms with Gasteiger partial charge in [0, 0.05) is 31.7 Å². The monoisotopic (exact) mass is 416 g/mol. The van der Waals surface area contributed by atoms with Gasteiger partial charge in [0.25, 0.3) is 5.91 Å². The summed E-state index contributed by atoms with van der Waals surface area (Å²) in [6.45, 7) is 8.94. The van der Waals surface area contributed by atoms with E-state index >= 15 is 0 Å². The normalized spacial score (nSPS) is 13.9. The number of hydrogen-bond acceptors (Lipinski definition) is 5. The van der Waals surface area contributed by atoms with Crippen molar-refractivity contribution >= 4 is 11.7 Å². The highest BCUT2D eigenvalue weighted by molar-refractivity contribution is 5.78. The molecule has 1 aromatic heterocycles. The lowest BCUT2D eigenvalue weighted by Crippen LogP contribution is -2.50. The van der Waals surface area contributed by atoms with Gasteiger partial charge < -0.3 is 14.5 Å². The molecule has 0 atom stereocenters. The minimum atomic E-state index is 0.0135. The standard InChI is InChI=1S/C25H28N4O2/c1-18-4-6-21(7-5-18)23-8-9-24(27-26-23)28-10-12-29(13-11-28)25(30)17-31-22-15-19(2)14-20(3)16-22/h4-9,14-16H,10-13,17H2,1-3H3. The summed E-state index contributed by atoms with van der Waals surface area (Å²) in [4.78, 5) is 16.6. The van der Waals surface area contributed by atoms with E-state index in [1.807, 2.05) is 43.0 Å². The lowest BCUT2D eigenvalue weighted by atomic mass is 10.1. The van der Waals surface area contributed by atoms with Crippen molar-refractivity contribution in [2.45, 2.75) is 20.8 Å². The number of rotatable bonds is 5. The van der Waals surface area contributed by atoms with E-state index in [1.165, 1.54) is 5.56 Å². The Bertz CT molecular complexity index is 1020. The topological polar surface area (TPSA) is 58.6 Å². The Kier molecular flexibility index (Phi) is 6.16. The molecule has 1 aliphatic heterocycles. The zero-order valence-electron chi connectivity index (χ0n) is 18.3. The van der Waals surface area contributed by atoms with Crippen LogP contribution in [-0.4, -0.2) is 53.8 Å². The minimum Gasteiger partial charge on any atom is -0.484 e. The van der Waals surface area contributed by atoms with Gasteiger partial charge in [0.1, 0.15) is 5.75 Å². The summed E-state index contributed by atoms with van der Waals surface area (Å²) >= 11 is 0. The maximum absolute atomic E-state index is 12.6. The van der Waals surface area contributed by atoms with Crippen molar-refractivity contribution in [3.8, 4) is 17.0 Å². The predicted molar refractivity (Wildman–Crippen MR) is 122 cm³/mol. The smallest absolute Gasteiger partial charge is 0.260 e. The van der Waals surface area contributed by atoms with Crippen molar-refractivity contribution in [3.05, 3.63) is 71.3 Å². The fourth-order valence-corrected chi connectivity index (χ4v) is 3.81. The lowest BCUT2D eigenvalue weighted by Gasteiger charge is -2.35. The molecule has 0 N–H and O–H groups in total. The SMILES string of the molecule is Cc1ccc(-c2ccc(N3CCN(C(=O)COc4cc(C)cc(C)c4)CC3)nn2)cc1. The third-order valence-electron chi connectivity index (χ3n) is 5.51. The average Bonchev–Trinajstić information content (AvgIpc) is 2.78. The molecule has 2 aromatic carbocycles. The molecular formula is C25H28N4O2. The highest BCUT2D eigenvalue weighted by atomic mass is 16.5. The second-order valence-electron chi connectivity index (χ2n) is 8.12. The van der Waals surface area contributed by atoms with Crippen LogP contribution in [0.25, 0.3) is 11.3 Å². The highest BCUT2D eigenvalue weighted by Crippen LogP contribution is 2.20. The Morgan fingerprint density at radius 3 is 2.13 bits per heavy atom. The van der Waals surface area contributed by atoms with E-state index in [-0.39, 0.29) is 12.5 Å². The molecule has 0 aliphatic carbocycles. The van der Waals surface area contributed by atoms with Crippen LogP contribution in [0.3, 0.4) is 0 Å². The lowest BCUT2D eigenvalue weighted by molar-refractivity contribution is -0.133. The number of aryl methyl sites for hydroxylation is 3. The van der Waals surface area contributed by atoms with Gasteiger partial charge in [0.15, 0.2) is 12.4 Å². The zero-order chi connectivity index (χ0) is 21.8. The molecule has 4 rings (SSSR count). The quantitative estimate of drug-likeness (QED) is 0.633. The number of carbonyl (C=O) groups excluding carboxylic acids is 1. The van der Waals surface area contributed by atoms with E-state index in [2.05, 4.69) is 52.4 Å². The van der Waals surface area contributed by atoms with Crippen LogP contribution in [0, 0.1) is 20.8 Å². The van der Waals surface area contributed by atoms with E-state index in [9.17, 15) is 4.79 Å². The number of carbonyl (C=O) groups is 1. The number of nitrogens with zero attached hydrogens (tertiary/aromatic N) is 4. The molecule has 1 aliphatic rings. The number of aromatic nitrogens is 2. The van der Waals surface area contributed by atoms with Crippen LogP contribution >= 0.6 is 0 Å². The van der Waals surface area contributed by atoms with Crippen molar-refractivity contribution in [1.29, 1.82) is 0 Å². The van der Waals surface area contributed by atoms with Crippen molar-refractivity contribution in [2.75, 3.05) is 37.7 Å². The Balaban J connectivity index is 1.29. The maximum atomic E-state index is 12.6. The first-order chi connectivity index (χ1) is 15.0. The number of benzene rings is 2. The minimum absolute atomic E-state index is 0.0135. The van der Waals surface area contributed by atoms with Gasteiger partial charge in [0.05, 0.1) is 5.69 Å². The first-order valence-electron chi connectivity index (χ1n) is 10.6. The second kappa shape index (κ2) is 9.16. The molecule has 2 heterocycles. The second-order valence-corrected chi connectivity index (χ2v) is 8.12. The number of anilines is 1. The largest absolute Gasteiger partial charge is 0.484 e. The van der Waals surface area contributed by atoms with Crippen LogP contribution in [0.1, 0.15) is 16.7 Å². The molecule has 1 amide bonds. The Morgan fingerprint density at radius 2 is 1.52 bits per heavy atom. The molecule has 0 bridgehead atoms. The summed E-state index contributed by atoms with van der Waals surface area (Å²) in [7, 11) is 0. The summed E-state index contributed by atoms with van der Waals surface area (Å²) in [6, 6.07) is 18.3. The number of hydrogen-bond donors (Lipinski definition) is 0. The molecule has 0 radical (unpaired) electrons. The predicted octanol–water partition coefficient (Wildman–Crippen LogP) is 3.80. The molecule has 1 fully saturated rings. The van der Waals surface area contributed by atoms with Crippen LogP contribution in [0.15, 0.2) is 54.6 Å². The molecule has 31 heavy (non-hydrogen) atoms. The van der Waals surface area contributed by atoms with Crippen LogP contribution < -0.4 is 9.64 Å². The summed E-state index contributed by atoms with van der Waals surface area (Å²) in [5.41, 5.74) is 5.40. The van der Waals surface area contributed by atoms with Crippen molar-refractivity contribution in [3.63, 3.8) is 0 Å². The van der Waals surface area contributed by atoms with Crippen LogP contribution in [0.4, 0.5) is 5.82 Å². The van der Waals surface area contributed by atoms with E-state index in [0.717, 1.165) is 47.0 Å². The number of piperazine rings is 1. The van der Waals surface area contributed by atoms with E-state index in [0.29, 0.717) is 13.1 Å². The molecule has 1 saturated heterocycles. The van der Waals surface area contributed by atoms with Gasteiger partial charge in [0.2, 0.25) is 0 Å². The molecule has 3 aromatic rings. The fraction of sp³-hybridized carbons (Fsp3) is 0.320. The van der Waals surface area contributed by atoms with Gasteiger partial charge in [-0.25, -0.2) is 0 Å². The Hall–Kier alpha value is -3.41. The van der Waals surface area contributed by atoms with Gasteiger partial charge in [-0.05, 0) is 56.2 Å². The van der Waals surface area contributed by atoms with Crippen LogP contribution in [-0.2, 0) is 4.79 Å².